The third-order valence-corrected chi connectivity index (χ3v) is 3.57. The summed E-state index contributed by atoms with van der Waals surface area (Å²) in [5.41, 5.74) is 1.05. The van der Waals surface area contributed by atoms with Crippen molar-refractivity contribution >= 4 is 12.0 Å². The fourth-order valence-electron chi connectivity index (χ4n) is 2.54. The molecule has 2 unspecified atom stereocenters. The molecule has 3 N–H and O–H groups in total. The number of carboxylic acids is 1. The summed E-state index contributed by atoms with van der Waals surface area (Å²) in [6, 6.07) is 6.17. The number of nitrogens with zero attached hydrogens (tertiary/aromatic N) is 1. The predicted molar refractivity (Wildman–Crippen MR) is 77.0 cm³/mol. The van der Waals surface area contributed by atoms with Crippen LogP contribution in [0, 0.1) is 5.92 Å². The number of carbonyl (C=O) groups excluding carboxylic acids is 1. The molecule has 2 rings (SSSR count). The molecule has 2 atom stereocenters. The summed E-state index contributed by atoms with van der Waals surface area (Å²) >= 11 is 0. The molecule has 0 spiro atoms. The average Bonchev–Trinajstić information content (AvgIpc) is 2.44. The molecule has 6 heteroatoms. The van der Waals surface area contributed by atoms with Crippen LogP contribution in [-0.2, 0) is 6.54 Å². The molecule has 114 valence electrons. The van der Waals surface area contributed by atoms with Crippen molar-refractivity contribution < 1.29 is 19.8 Å². The van der Waals surface area contributed by atoms with Crippen LogP contribution in [0.15, 0.2) is 24.3 Å². The average molecular weight is 292 g/mol. The molecule has 1 fully saturated rings. The SMILES string of the molecule is CC1CC(O)CN(C(=O)NCc2ccc(C(=O)O)cc2)C1. The van der Waals surface area contributed by atoms with Crippen LogP contribution in [0.2, 0.25) is 0 Å². The number of aromatic carboxylic acids is 1. The Balaban J connectivity index is 1.87. The number of urea groups is 1. The summed E-state index contributed by atoms with van der Waals surface area (Å²) in [5.74, 6) is -0.684. The first-order valence-electron chi connectivity index (χ1n) is 6.98. The topological polar surface area (TPSA) is 89.9 Å². The monoisotopic (exact) mass is 292 g/mol. The highest BCUT2D eigenvalue weighted by Gasteiger charge is 2.26. The fourth-order valence-corrected chi connectivity index (χ4v) is 2.54. The van der Waals surface area contributed by atoms with Crippen LogP contribution in [-0.4, -0.2) is 46.3 Å². The standard InChI is InChI=1S/C15H20N2O4/c1-10-6-13(18)9-17(8-10)15(21)16-7-11-2-4-12(5-3-11)14(19)20/h2-5,10,13,18H,6-9H2,1H3,(H,16,21)(H,19,20). The number of nitrogens with one attached hydrogen (secondary N) is 1. The van der Waals surface area contributed by atoms with E-state index in [-0.39, 0.29) is 17.5 Å². The van der Waals surface area contributed by atoms with E-state index in [9.17, 15) is 14.7 Å². The molecular weight excluding hydrogens is 272 g/mol. The van der Waals surface area contributed by atoms with Crippen LogP contribution < -0.4 is 5.32 Å². The van der Waals surface area contributed by atoms with Crippen LogP contribution in [0.3, 0.4) is 0 Å². The molecule has 0 bridgehead atoms. The Kier molecular flexibility index (Phi) is 4.80. The van der Waals surface area contributed by atoms with Crippen LogP contribution >= 0.6 is 0 Å². The number of hydrogen-bond donors (Lipinski definition) is 3. The zero-order valence-electron chi connectivity index (χ0n) is 12.0. The number of likely N-dealkylation sites (tertiary alicyclic amines) is 1. The van der Waals surface area contributed by atoms with Crippen molar-refractivity contribution in [1.29, 1.82) is 0 Å². The summed E-state index contributed by atoms with van der Waals surface area (Å²) in [6.45, 7) is 3.34. The lowest BCUT2D eigenvalue weighted by Crippen LogP contribution is -2.49. The highest BCUT2D eigenvalue weighted by Crippen LogP contribution is 2.16. The minimum Gasteiger partial charge on any atom is -0.478 e. The lowest BCUT2D eigenvalue weighted by molar-refractivity contribution is 0.0604. The number of hydrogen-bond acceptors (Lipinski definition) is 3. The van der Waals surface area contributed by atoms with Gasteiger partial charge in [-0.2, -0.15) is 0 Å². The summed E-state index contributed by atoms with van der Waals surface area (Å²) in [6.07, 6.45) is 0.259. The Morgan fingerprint density at radius 3 is 2.52 bits per heavy atom. The number of aliphatic hydroxyl groups excluding tert-OH is 1. The smallest absolute Gasteiger partial charge is 0.335 e. The molecule has 1 aliphatic heterocycles. The Bertz CT molecular complexity index is 505. The lowest BCUT2D eigenvalue weighted by atomic mass is 9.98. The summed E-state index contributed by atoms with van der Waals surface area (Å²) in [4.78, 5) is 24.4. The number of aliphatic hydroxyl groups is 1. The van der Waals surface area contributed by atoms with Gasteiger partial charge in [0.15, 0.2) is 0 Å². The van der Waals surface area contributed by atoms with Crippen molar-refractivity contribution in [2.75, 3.05) is 13.1 Å². The second-order valence-corrected chi connectivity index (χ2v) is 5.56. The van der Waals surface area contributed by atoms with Gasteiger partial charge in [-0.05, 0) is 30.0 Å². The second kappa shape index (κ2) is 6.58. The first-order chi connectivity index (χ1) is 9.95. The number of rotatable bonds is 3. The fraction of sp³-hybridized carbons (Fsp3) is 0.467. The van der Waals surface area contributed by atoms with Gasteiger partial charge in [0.2, 0.25) is 0 Å². The number of amides is 2. The van der Waals surface area contributed by atoms with E-state index < -0.39 is 12.1 Å². The van der Waals surface area contributed by atoms with Crippen LogP contribution in [0.4, 0.5) is 4.79 Å². The van der Waals surface area contributed by atoms with Gasteiger partial charge >= 0.3 is 12.0 Å². The third kappa shape index (κ3) is 4.19. The molecular formula is C15H20N2O4. The quantitative estimate of drug-likeness (QED) is 0.783. The van der Waals surface area contributed by atoms with E-state index >= 15 is 0 Å². The maximum absolute atomic E-state index is 12.0. The van der Waals surface area contributed by atoms with Gasteiger partial charge < -0.3 is 20.4 Å². The zero-order valence-corrected chi connectivity index (χ0v) is 12.0. The number of piperidine rings is 1. The van der Waals surface area contributed by atoms with Crippen LogP contribution in [0.5, 0.6) is 0 Å². The molecule has 1 heterocycles. The Labute approximate surface area is 123 Å². The van der Waals surface area contributed by atoms with Crippen LogP contribution in [0.1, 0.15) is 29.3 Å². The van der Waals surface area contributed by atoms with Gasteiger partial charge in [-0.1, -0.05) is 19.1 Å². The minimum atomic E-state index is -0.970. The van der Waals surface area contributed by atoms with E-state index in [0.29, 0.717) is 19.6 Å². The van der Waals surface area contributed by atoms with E-state index in [4.69, 9.17) is 5.11 Å². The van der Waals surface area contributed by atoms with E-state index in [1.54, 1.807) is 17.0 Å². The molecule has 1 aromatic rings. The summed E-state index contributed by atoms with van der Waals surface area (Å²) in [5, 5.41) is 21.3. The molecule has 0 radical (unpaired) electrons. The van der Waals surface area contributed by atoms with Crippen molar-refractivity contribution in [2.45, 2.75) is 26.0 Å². The van der Waals surface area contributed by atoms with Crippen molar-refractivity contribution in [2.24, 2.45) is 5.92 Å². The molecule has 0 aliphatic carbocycles. The highest BCUT2D eigenvalue weighted by molar-refractivity contribution is 5.87. The molecule has 21 heavy (non-hydrogen) atoms. The Hall–Kier alpha value is -2.08. The highest BCUT2D eigenvalue weighted by atomic mass is 16.4. The Morgan fingerprint density at radius 2 is 1.95 bits per heavy atom. The minimum absolute atomic E-state index is 0.206. The molecule has 0 aromatic heterocycles. The maximum Gasteiger partial charge on any atom is 0.335 e. The van der Waals surface area contributed by atoms with Gasteiger partial charge in [0.05, 0.1) is 11.7 Å². The normalized spacial score (nSPS) is 21.9. The van der Waals surface area contributed by atoms with Crippen molar-refractivity contribution in [3.05, 3.63) is 35.4 Å². The number of carboxylic acid groups (broad SMARTS) is 1. The van der Waals surface area contributed by atoms with Gasteiger partial charge in [0.25, 0.3) is 0 Å². The number of benzene rings is 1. The zero-order chi connectivity index (χ0) is 15.4. The molecule has 1 aliphatic rings. The van der Waals surface area contributed by atoms with Gasteiger partial charge in [-0.15, -0.1) is 0 Å². The molecule has 1 aromatic carbocycles. The first-order valence-corrected chi connectivity index (χ1v) is 6.98. The van der Waals surface area contributed by atoms with Crippen molar-refractivity contribution in [3.63, 3.8) is 0 Å². The third-order valence-electron chi connectivity index (χ3n) is 3.57. The van der Waals surface area contributed by atoms with Crippen LogP contribution in [0.25, 0.3) is 0 Å². The van der Waals surface area contributed by atoms with Gasteiger partial charge in [0, 0.05) is 19.6 Å². The molecule has 0 saturated carbocycles. The van der Waals surface area contributed by atoms with Crippen molar-refractivity contribution in [1.82, 2.24) is 10.2 Å². The molecule has 1 saturated heterocycles. The van der Waals surface area contributed by atoms with E-state index in [0.717, 1.165) is 12.0 Å². The Morgan fingerprint density at radius 1 is 1.29 bits per heavy atom. The van der Waals surface area contributed by atoms with Gasteiger partial charge in [-0.25, -0.2) is 9.59 Å². The molecule has 6 nitrogen and oxygen atoms in total. The number of β-amino-alcohol motifs (C(OH)–C–C–N with tert-alkyl or cyclic N) is 1. The molecule has 2 amide bonds. The van der Waals surface area contributed by atoms with Gasteiger partial charge in [-0.3, -0.25) is 0 Å². The summed E-state index contributed by atoms with van der Waals surface area (Å²) in [7, 11) is 0. The van der Waals surface area contributed by atoms with Crippen molar-refractivity contribution in [3.8, 4) is 0 Å². The number of carbonyl (C=O) groups is 2. The van der Waals surface area contributed by atoms with E-state index in [2.05, 4.69) is 5.32 Å². The predicted octanol–water partition coefficient (Wildman–Crippen LogP) is 1.30. The van der Waals surface area contributed by atoms with Gasteiger partial charge in [0.1, 0.15) is 0 Å². The summed E-state index contributed by atoms with van der Waals surface area (Å²) < 4.78 is 0. The van der Waals surface area contributed by atoms with E-state index in [1.807, 2.05) is 6.92 Å². The lowest BCUT2D eigenvalue weighted by Gasteiger charge is -2.34. The first kappa shape index (κ1) is 15.3. The van der Waals surface area contributed by atoms with E-state index in [1.165, 1.54) is 12.1 Å². The largest absolute Gasteiger partial charge is 0.478 e. The maximum atomic E-state index is 12.0. The second-order valence-electron chi connectivity index (χ2n) is 5.56.